The Morgan fingerprint density at radius 1 is 1.22 bits per heavy atom. The molecule has 150 valence electrons. The van der Waals surface area contributed by atoms with Gasteiger partial charge in [-0.1, -0.05) is 20.8 Å². The number of ether oxygens (including phenoxy) is 1. The van der Waals surface area contributed by atoms with Crippen LogP contribution in [0.15, 0.2) is 0 Å². The van der Waals surface area contributed by atoms with Crippen molar-refractivity contribution in [3.05, 3.63) is 0 Å². The van der Waals surface area contributed by atoms with Crippen LogP contribution in [0.1, 0.15) is 65.7 Å². The zero-order valence-corrected chi connectivity index (χ0v) is 16.7. The van der Waals surface area contributed by atoms with E-state index in [1.807, 2.05) is 6.92 Å². The SMILES string of the molecule is CC1C[C@H]2[C@@H]3CCC4CC(=O)CC[C@]4(C)[C@]34OC4C[C@]2(C)[C@@]1(O)C(=O)CO. The molecule has 0 radical (unpaired) electrons. The van der Waals surface area contributed by atoms with Gasteiger partial charge in [-0.05, 0) is 55.8 Å². The monoisotopic (exact) mass is 376 g/mol. The van der Waals surface area contributed by atoms with Crippen molar-refractivity contribution in [2.24, 2.45) is 34.5 Å². The Kier molecular flexibility index (Phi) is 3.53. The molecule has 5 rings (SSSR count). The number of carbonyl (C=O) groups excluding carboxylic acids is 2. The third-order valence-corrected chi connectivity index (χ3v) is 10.00. The molecule has 0 bridgehead atoms. The molecule has 1 heterocycles. The van der Waals surface area contributed by atoms with Crippen molar-refractivity contribution < 1.29 is 24.5 Å². The first-order chi connectivity index (χ1) is 12.6. The van der Waals surface area contributed by atoms with Gasteiger partial charge in [0.2, 0.25) is 0 Å². The molecule has 0 aromatic heterocycles. The highest BCUT2D eigenvalue weighted by molar-refractivity contribution is 5.90. The molecule has 5 heteroatoms. The van der Waals surface area contributed by atoms with Gasteiger partial charge in [0.15, 0.2) is 5.78 Å². The molecule has 5 fully saturated rings. The standard InChI is InChI=1S/C22H32O5/c1-12-8-16-15-5-4-13-9-14(24)6-7-19(13,2)22(15)18(27-22)10-20(16,3)21(12,26)17(25)11-23/h12-13,15-16,18,23,26H,4-11H2,1-3H3/t12?,13?,15-,16-,18?,19-,20-,21-,22-/m0/s1. The summed E-state index contributed by atoms with van der Waals surface area (Å²) in [4.78, 5) is 24.7. The highest BCUT2D eigenvalue weighted by atomic mass is 16.6. The Morgan fingerprint density at radius 2 is 1.96 bits per heavy atom. The minimum Gasteiger partial charge on any atom is -0.388 e. The molecule has 4 saturated carbocycles. The smallest absolute Gasteiger partial charge is 0.190 e. The molecule has 3 unspecified atom stereocenters. The number of carbonyl (C=O) groups is 2. The van der Waals surface area contributed by atoms with E-state index < -0.39 is 23.4 Å². The van der Waals surface area contributed by atoms with Crippen LogP contribution in [0.2, 0.25) is 0 Å². The zero-order chi connectivity index (χ0) is 19.4. The number of ketones is 2. The zero-order valence-electron chi connectivity index (χ0n) is 16.7. The van der Waals surface area contributed by atoms with Gasteiger partial charge in [0.05, 0.1) is 6.10 Å². The summed E-state index contributed by atoms with van der Waals surface area (Å²) >= 11 is 0. The van der Waals surface area contributed by atoms with Crippen LogP contribution < -0.4 is 0 Å². The first-order valence-electron chi connectivity index (χ1n) is 10.7. The summed E-state index contributed by atoms with van der Waals surface area (Å²) in [6.45, 7) is 5.75. The van der Waals surface area contributed by atoms with Gasteiger partial charge >= 0.3 is 0 Å². The lowest BCUT2D eigenvalue weighted by atomic mass is 9.44. The molecular weight excluding hydrogens is 344 g/mol. The van der Waals surface area contributed by atoms with Gasteiger partial charge in [0.25, 0.3) is 0 Å². The molecule has 5 nitrogen and oxygen atoms in total. The Morgan fingerprint density at radius 3 is 2.67 bits per heavy atom. The molecule has 0 aromatic carbocycles. The molecule has 1 aliphatic heterocycles. The van der Waals surface area contributed by atoms with Gasteiger partial charge in [-0.25, -0.2) is 0 Å². The van der Waals surface area contributed by atoms with E-state index in [0.717, 1.165) is 25.7 Å². The van der Waals surface area contributed by atoms with Crippen molar-refractivity contribution in [1.29, 1.82) is 0 Å². The van der Waals surface area contributed by atoms with Gasteiger partial charge in [-0.2, -0.15) is 0 Å². The maximum absolute atomic E-state index is 12.6. The highest BCUT2D eigenvalue weighted by Gasteiger charge is 2.82. The first-order valence-corrected chi connectivity index (χ1v) is 10.7. The van der Waals surface area contributed by atoms with Crippen LogP contribution in [-0.2, 0) is 14.3 Å². The molecule has 1 saturated heterocycles. The second kappa shape index (κ2) is 5.22. The summed E-state index contributed by atoms with van der Waals surface area (Å²) in [5, 5.41) is 21.1. The topological polar surface area (TPSA) is 87.1 Å². The number of epoxide rings is 1. The molecule has 9 atom stereocenters. The molecule has 1 spiro atoms. The van der Waals surface area contributed by atoms with Crippen LogP contribution in [0.4, 0.5) is 0 Å². The van der Waals surface area contributed by atoms with Crippen molar-refractivity contribution in [2.45, 2.75) is 83.0 Å². The van der Waals surface area contributed by atoms with Crippen LogP contribution in [0.5, 0.6) is 0 Å². The van der Waals surface area contributed by atoms with E-state index in [4.69, 9.17) is 4.74 Å². The van der Waals surface area contributed by atoms with Crippen molar-refractivity contribution in [3.8, 4) is 0 Å². The third-order valence-electron chi connectivity index (χ3n) is 10.00. The van der Waals surface area contributed by atoms with Crippen LogP contribution in [-0.4, -0.2) is 45.7 Å². The molecule has 0 aromatic rings. The van der Waals surface area contributed by atoms with E-state index in [-0.39, 0.29) is 29.0 Å². The minimum atomic E-state index is -1.47. The lowest BCUT2D eigenvalue weighted by molar-refractivity contribution is -0.170. The van der Waals surface area contributed by atoms with Crippen LogP contribution in [0, 0.1) is 34.5 Å². The average molecular weight is 376 g/mol. The Balaban J connectivity index is 1.56. The maximum atomic E-state index is 12.6. The second-order valence-electron chi connectivity index (χ2n) is 10.7. The van der Waals surface area contributed by atoms with Gasteiger partial charge in [-0.3, -0.25) is 9.59 Å². The molecule has 4 aliphatic carbocycles. The largest absolute Gasteiger partial charge is 0.388 e. The summed E-state index contributed by atoms with van der Waals surface area (Å²) in [5.41, 5.74) is -2.16. The number of rotatable bonds is 2. The normalized spacial score (nSPS) is 58.7. The van der Waals surface area contributed by atoms with Crippen LogP contribution >= 0.6 is 0 Å². The van der Waals surface area contributed by atoms with Gasteiger partial charge in [0.1, 0.15) is 23.6 Å². The first kappa shape index (κ1) is 18.3. The van der Waals surface area contributed by atoms with Gasteiger partial charge < -0.3 is 14.9 Å². The van der Waals surface area contributed by atoms with E-state index in [0.29, 0.717) is 36.9 Å². The predicted octanol–water partition coefficient (Wildman–Crippen LogP) is 2.27. The molecule has 5 aliphatic rings. The number of aliphatic hydroxyl groups excluding tert-OH is 1. The number of aliphatic hydroxyl groups is 2. The summed E-state index contributed by atoms with van der Waals surface area (Å²) < 4.78 is 6.52. The number of hydrogen-bond donors (Lipinski definition) is 2. The fourth-order valence-electron chi connectivity index (χ4n) is 8.55. The summed E-state index contributed by atoms with van der Waals surface area (Å²) in [7, 11) is 0. The maximum Gasteiger partial charge on any atom is 0.190 e. The van der Waals surface area contributed by atoms with Crippen molar-refractivity contribution in [2.75, 3.05) is 6.61 Å². The molecule has 2 N–H and O–H groups in total. The number of fused-ring (bicyclic) bond motifs is 3. The van der Waals surface area contributed by atoms with Crippen molar-refractivity contribution in [1.82, 2.24) is 0 Å². The molecular formula is C22H32O5. The van der Waals surface area contributed by atoms with Crippen molar-refractivity contribution in [3.63, 3.8) is 0 Å². The van der Waals surface area contributed by atoms with Gasteiger partial charge in [0, 0.05) is 23.7 Å². The van der Waals surface area contributed by atoms with E-state index in [9.17, 15) is 19.8 Å². The predicted molar refractivity (Wildman–Crippen MR) is 97.8 cm³/mol. The number of hydrogen-bond acceptors (Lipinski definition) is 5. The Hall–Kier alpha value is -0.780. The lowest BCUT2D eigenvalue weighted by Gasteiger charge is -2.58. The summed E-state index contributed by atoms with van der Waals surface area (Å²) in [6, 6.07) is 0. The Labute approximate surface area is 160 Å². The van der Waals surface area contributed by atoms with Gasteiger partial charge in [-0.15, -0.1) is 0 Å². The van der Waals surface area contributed by atoms with E-state index in [1.54, 1.807) is 0 Å². The molecule has 0 amide bonds. The second-order valence-corrected chi connectivity index (χ2v) is 10.7. The van der Waals surface area contributed by atoms with Crippen molar-refractivity contribution >= 4 is 11.6 Å². The van der Waals surface area contributed by atoms with E-state index >= 15 is 0 Å². The van der Waals surface area contributed by atoms with Crippen LogP contribution in [0.3, 0.4) is 0 Å². The van der Waals surface area contributed by atoms with E-state index in [1.165, 1.54) is 0 Å². The fourth-order valence-corrected chi connectivity index (χ4v) is 8.55. The third kappa shape index (κ3) is 1.83. The summed E-state index contributed by atoms with van der Waals surface area (Å²) in [6.07, 6.45) is 5.85. The quantitative estimate of drug-likeness (QED) is 0.722. The highest BCUT2D eigenvalue weighted by Crippen LogP contribution is 2.77. The lowest BCUT2D eigenvalue weighted by Crippen LogP contribution is -2.64. The summed E-state index contributed by atoms with van der Waals surface area (Å²) in [5.74, 6) is 0.765. The number of Topliss-reactive ketones (excluding diaryl/α,β-unsaturated/α-hetero) is 2. The Bertz CT molecular complexity index is 719. The molecule has 27 heavy (non-hydrogen) atoms. The average Bonchev–Trinajstić information content (AvgIpc) is 3.31. The fraction of sp³-hybridized carbons (Fsp3) is 0.909. The van der Waals surface area contributed by atoms with Crippen LogP contribution in [0.25, 0.3) is 0 Å². The van der Waals surface area contributed by atoms with E-state index in [2.05, 4.69) is 13.8 Å². The minimum absolute atomic E-state index is 0.0285.